The van der Waals surface area contributed by atoms with Gasteiger partial charge in [-0.05, 0) is 51.7 Å². The van der Waals surface area contributed by atoms with E-state index in [1.54, 1.807) is 18.5 Å². The van der Waals surface area contributed by atoms with Gasteiger partial charge in [0.2, 0.25) is 0 Å². The molecule has 13 heteroatoms. The van der Waals surface area contributed by atoms with Gasteiger partial charge in [0.25, 0.3) is 5.91 Å². The van der Waals surface area contributed by atoms with Gasteiger partial charge in [0, 0.05) is 19.3 Å². The van der Waals surface area contributed by atoms with Crippen LogP contribution < -0.4 is 9.54 Å². The van der Waals surface area contributed by atoms with Crippen LogP contribution in [0.2, 0.25) is 0 Å². The Balaban J connectivity index is 1.87. The van der Waals surface area contributed by atoms with E-state index >= 15 is 0 Å². The monoisotopic (exact) mass is 568 g/mol. The number of aryl methyl sites for hydroxylation is 1. The molecule has 0 aliphatic rings. The number of amides is 1. The van der Waals surface area contributed by atoms with Crippen LogP contribution in [0.5, 0.6) is 5.75 Å². The Morgan fingerprint density at radius 2 is 2.00 bits per heavy atom. The highest BCUT2D eigenvalue weighted by molar-refractivity contribution is 7.16. The van der Waals surface area contributed by atoms with Gasteiger partial charge in [0.15, 0.2) is 4.80 Å². The van der Waals surface area contributed by atoms with Crippen LogP contribution in [-0.2, 0) is 22.2 Å². The molecule has 3 rings (SSSR count). The van der Waals surface area contributed by atoms with Gasteiger partial charge in [-0.2, -0.15) is 18.2 Å². The zero-order chi connectivity index (χ0) is 28.6. The molecule has 0 N–H and O–H groups in total. The highest BCUT2D eigenvalue weighted by atomic mass is 32.1. The fraction of sp³-hybridized carbons (Fsp3) is 0.462. The number of pyridine rings is 1. The van der Waals surface area contributed by atoms with Crippen LogP contribution in [0, 0.1) is 0 Å². The molecule has 39 heavy (non-hydrogen) atoms. The lowest BCUT2D eigenvalue weighted by Crippen LogP contribution is -2.25. The highest BCUT2D eigenvalue weighted by Gasteiger charge is 2.32. The number of carbonyl (C=O) groups excluding carboxylic acids is 2. The Morgan fingerprint density at radius 3 is 2.69 bits per heavy atom. The summed E-state index contributed by atoms with van der Waals surface area (Å²) in [5, 5.41) is 0. The lowest BCUT2D eigenvalue weighted by molar-refractivity contribution is -0.137. The van der Waals surface area contributed by atoms with Crippen molar-refractivity contribution >= 4 is 33.6 Å². The van der Waals surface area contributed by atoms with Gasteiger partial charge in [0.05, 0.1) is 27.5 Å². The molecule has 3 aromatic rings. The molecular formula is C26H31F3N4O5S. The van der Waals surface area contributed by atoms with E-state index in [4.69, 9.17) is 14.2 Å². The van der Waals surface area contributed by atoms with E-state index in [9.17, 15) is 22.8 Å². The fourth-order valence-electron chi connectivity index (χ4n) is 3.43. The number of carbonyl (C=O) groups is 2. The standard InChI is InChI=1S/C26H31F3N4O5S/c1-5-6-11-33-20-15-30-10-9-22(20)39-24(33)31-23(34)19-14-18(26(27,28)29)7-8-21(19)37-16-17(2)38-25(35)36-13-12-32(3)4/h7-10,14-15,17H,5-6,11-13,16H2,1-4H3/b31-24-/t17-/m0/s1. The van der Waals surface area contributed by atoms with Crippen LogP contribution in [0.1, 0.15) is 42.6 Å². The molecule has 0 aliphatic carbocycles. The molecule has 0 spiro atoms. The van der Waals surface area contributed by atoms with Crippen molar-refractivity contribution in [1.29, 1.82) is 0 Å². The van der Waals surface area contributed by atoms with E-state index in [0.717, 1.165) is 35.2 Å². The van der Waals surface area contributed by atoms with Crippen molar-refractivity contribution in [2.24, 2.45) is 4.99 Å². The van der Waals surface area contributed by atoms with E-state index in [2.05, 4.69) is 9.98 Å². The lowest BCUT2D eigenvalue weighted by atomic mass is 10.1. The van der Waals surface area contributed by atoms with Crippen molar-refractivity contribution in [2.45, 2.75) is 45.5 Å². The third kappa shape index (κ3) is 8.52. The number of hydrogen-bond acceptors (Lipinski definition) is 8. The Morgan fingerprint density at radius 1 is 1.23 bits per heavy atom. The second kappa shape index (κ2) is 13.6. The van der Waals surface area contributed by atoms with E-state index in [0.29, 0.717) is 24.0 Å². The van der Waals surface area contributed by atoms with E-state index < -0.39 is 29.9 Å². The minimum Gasteiger partial charge on any atom is -0.489 e. The van der Waals surface area contributed by atoms with Gasteiger partial charge < -0.3 is 23.7 Å². The average molecular weight is 569 g/mol. The molecule has 0 unspecified atom stereocenters. The second-order valence-electron chi connectivity index (χ2n) is 9.00. The number of fused-ring (bicyclic) bond motifs is 1. The van der Waals surface area contributed by atoms with Gasteiger partial charge in [-0.25, -0.2) is 4.79 Å². The Hall–Kier alpha value is -3.45. The average Bonchev–Trinajstić information content (AvgIpc) is 3.21. The maximum atomic E-state index is 13.5. The topological polar surface area (TPSA) is 95.3 Å². The normalized spacial score (nSPS) is 13.1. The van der Waals surface area contributed by atoms with E-state index in [1.807, 2.05) is 30.5 Å². The molecule has 2 aromatic heterocycles. The predicted octanol–water partition coefficient (Wildman–Crippen LogP) is 5.14. The van der Waals surface area contributed by atoms with Gasteiger partial charge in [-0.3, -0.25) is 9.78 Å². The van der Waals surface area contributed by atoms with Gasteiger partial charge >= 0.3 is 12.3 Å². The summed E-state index contributed by atoms with van der Waals surface area (Å²) in [6.45, 7) is 4.54. The molecule has 212 valence electrons. The molecule has 0 aliphatic heterocycles. The molecule has 2 heterocycles. The lowest BCUT2D eigenvalue weighted by Gasteiger charge is -2.17. The fourth-order valence-corrected chi connectivity index (χ4v) is 4.45. The zero-order valence-corrected chi connectivity index (χ0v) is 23.0. The third-order valence-electron chi connectivity index (χ3n) is 5.48. The first-order valence-electron chi connectivity index (χ1n) is 12.3. The minimum atomic E-state index is -4.68. The summed E-state index contributed by atoms with van der Waals surface area (Å²) in [5.41, 5.74) is -0.587. The van der Waals surface area contributed by atoms with E-state index in [-0.39, 0.29) is 24.5 Å². The molecule has 1 atom stereocenters. The number of halogens is 3. The number of benzene rings is 1. The number of likely N-dealkylation sites (N-methyl/N-ethyl adjacent to an activating group) is 1. The van der Waals surface area contributed by atoms with Crippen molar-refractivity contribution in [1.82, 2.24) is 14.5 Å². The Bertz CT molecular complexity index is 1350. The number of thiazole rings is 1. The molecule has 1 aromatic carbocycles. The molecule has 0 saturated heterocycles. The Labute approximate surface area is 227 Å². The van der Waals surface area contributed by atoms with Crippen molar-refractivity contribution in [3.63, 3.8) is 0 Å². The van der Waals surface area contributed by atoms with Crippen LogP contribution in [-0.4, -0.2) is 66.5 Å². The summed E-state index contributed by atoms with van der Waals surface area (Å²) in [6.07, 6.45) is -1.38. The van der Waals surface area contributed by atoms with Gasteiger partial charge in [-0.15, -0.1) is 0 Å². The number of unbranched alkanes of at least 4 members (excludes halogenated alkanes) is 1. The number of rotatable bonds is 11. The summed E-state index contributed by atoms with van der Waals surface area (Å²) in [6, 6.07) is 4.39. The molecule has 0 saturated carbocycles. The molecular weight excluding hydrogens is 537 g/mol. The first-order chi connectivity index (χ1) is 18.5. The number of hydrogen-bond donors (Lipinski definition) is 0. The van der Waals surface area contributed by atoms with Crippen LogP contribution in [0.15, 0.2) is 41.7 Å². The van der Waals surface area contributed by atoms with Crippen molar-refractivity contribution in [3.05, 3.63) is 52.6 Å². The first-order valence-corrected chi connectivity index (χ1v) is 13.2. The minimum absolute atomic E-state index is 0.115. The Kier molecular flexibility index (Phi) is 10.5. The summed E-state index contributed by atoms with van der Waals surface area (Å²) < 4.78 is 58.8. The summed E-state index contributed by atoms with van der Waals surface area (Å²) >= 11 is 1.24. The molecule has 0 radical (unpaired) electrons. The first kappa shape index (κ1) is 30.1. The van der Waals surface area contributed by atoms with E-state index in [1.165, 1.54) is 18.3 Å². The van der Waals surface area contributed by atoms with Crippen molar-refractivity contribution in [2.75, 3.05) is 33.9 Å². The van der Waals surface area contributed by atoms with Crippen LogP contribution in [0.4, 0.5) is 18.0 Å². The number of aromatic nitrogens is 2. The predicted molar refractivity (Wildman–Crippen MR) is 140 cm³/mol. The third-order valence-corrected chi connectivity index (χ3v) is 6.54. The van der Waals surface area contributed by atoms with Crippen molar-refractivity contribution in [3.8, 4) is 5.75 Å². The number of nitrogens with zero attached hydrogens (tertiary/aromatic N) is 4. The van der Waals surface area contributed by atoms with Crippen LogP contribution in [0.3, 0.4) is 0 Å². The highest BCUT2D eigenvalue weighted by Crippen LogP contribution is 2.33. The summed E-state index contributed by atoms with van der Waals surface area (Å²) in [5.74, 6) is -1.01. The largest absolute Gasteiger partial charge is 0.508 e. The maximum absolute atomic E-state index is 13.5. The number of alkyl halides is 3. The molecule has 0 fully saturated rings. The summed E-state index contributed by atoms with van der Waals surface area (Å²) in [4.78, 5) is 35.6. The molecule has 1 amide bonds. The van der Waals surface area contributed by atoms with Crippen molar-refractivity contribution < 1.29 is 37.0 Å². The van der Waals surface area contributed by atoms with Crippen LogP contribution in [0.25, 0.3) is 10.2 Å². The quantitative estimate of drug-likeness (QED) is 0.296. The molecule has 9 nitrogen and oxygen atoms in total. The smallest absolute Gasteiger partial charge is 0.489 e. The van der Waals surface area contributed by atoms with Crippen LogP contribution >= 0.6 is 11.3 Å². The SMILES string of the molecule is CCCCn1/c(=N/C(=O)c2cc(C(F)(F)F)ccc2OC[C@H](C)OC(=O)OCCN(C)C)sc2ccncc21. The number of ether oxygens (including phenoxy) is 3. The summed E-state index contributed by atoms with van der Waals surface area (Å²) in [7, 11) is 3.64. The molecule has 0 bridgehead atoms. The zero-order valence-electron chi connectivity index (χ0n) is 22.2. The van der Waals surface area contributed by atoms with Gasteiger partial charge in [-0.1, -0.05) is 24.7 Å². The maximum Gasteiger partial charge on any atom is 0.508 e. The van der Waals surface area contributed by atoms with Gasteiger partial charge in [0.1, 0.15) is 25.1 Å². The second-order valence-corrected chi connectivity index (χ2v) is 10.0.